The van der Waals surface area contributed by atoms with E-state index in [9.17, 15) is 0 Å². The monoisotopic (exact) mass is 258 g/mol. The molecule has 3 aromatic carbocycles. The van der Waals surface area contributed by atoms with Gasteiger partial charge >= 0.3 is 0 Å². The predicted molar refractivity (Wildman–Crippen MR) is 86.3 cm³/mol. The van der Waals surface area contributed by atoms with Crippen molar-refractivity contribution in [3.8, 4) is 11.1 Å². The van der Waals surface area contributed by atoms with Crippen molar-refractivity contribution in [3.63, 3.8) is 0 Å². The van der Waals surface area contributed by atoms with Crippen LogP contribution in [0.1, 0.15) is 29.2 Å². The predicted octanol–water partition coefficient (Wildman–Crippen LogP) is 5.28. The zero-order chi connectivity index (χ0) is 13.7. The second-order valence-corrected chi connectivity index (χ2v) is 5.74. The van der Waals surface area contributed by atoms with Gasteiger partial charge in [-0.2, -0.15) is 0 Å². The molecule has 0 radical (unpaired) electrons. The van der Waals surface area contributed by atoms with Gasteiger partial charge in [-0.1, -0.05) is 55.5 Å². The Balaban J connectivity index is 2.12. The highest BCUT2D eigenvalue weighted by Gasteiger charge is 2.21. The lowest BCUT2D eigenvalue weighted by molar-refractivity contribution is 1.12. The van der Waals surface area contributed by atoms with E-state index in [1.807, 2.05) is 0 Å². The molecule has 1 aliphatic rings. The van der Waals surface area contributed by atoms with Crippen molar-refractivity contribution in [2.24, 2.45) is 0 Å². The van der Waals surface area contributed by atoms with Crippen LogP contribution in [0.5, 0.6) is 0 Å². The molecule has 0 saturated heterocycles. The molecule has 0 unspecified atom stereocenters. The molecular weight excluding hydrogens is 240 g/mol. The third kappa shape index (κ3) is 1.48. The van der Waals surface area contributed by atoms with Crippen molar-refractivity contribution < 1.29 is 0 Å². The van der Waals surface area contributed by atoms with Gasteiger partial charge in [0.05, 0.1) is 0 Å². The summed E-state index contributed by atoms with van der Waals surface area (Å²) in [6.07, 6.45) is 2.19. The minimum absolute atomic E-state index is 1.08. The molecule has 0 atom stereocenters. The quantitative estimate of drug-likeness (QED) is 0.435. The van der Waals surface area contributed by atoms with Gasteiger partial charge in [-0.3, -0.25) is 0 Å². The Morgan fingerprint density at radius 3 is 2.55 bits per heavy atom. The van der Waals surface area contributed by atoms with Gasteiger partial charge in [-0.05, 0) is 63.9 Å². The standard InChI is InChI=1S/C20H18/c1-3-16-13(2)8-9-14-10-11-18-17-7-5-4-6-15(17)12-19(18)20(14)16/h4-11H,3,12H2,1-2H3. The first-order chi connectivity index (χ1) is 9.79. The number of rotatable bonds is 1. The van der Waals surface area contributed by atoms with Crippen LogP contribution in [0, 0.1) is 6.92 Å². The number of hydrogen-bond acceptors (Lipinski definition) is 0. The van der Waals surface area contributed by atoms with Gasteiger partial charge in [0.1, 0.15) is 0 Å². The molecule has 0 bridgehead atoms. The third-order valence-corrected chi connectivity index (χ3v) is 4.66. The maximum Gasteiger partial charge on any atom is -0.000718 e. The van der Waals surface area contributed by atoms with Crippen LogP contribution in [-0.4, -0.2) is 0 Å². The second-order valence-electron chi connectivity index (χ2n) is 5.74. The molecule has 0 aliphatic heterocycles. The molecule has 0 amide bonds. The van der Waals surface area contributed by atoms with E-state index < -0.39 is 0 Å². The Hall–Kier alpha value is -2.08. The fraction of sp³-hybridized carbons (Fsp3) is 0.200. The minimum atomic E-state index is 1.08. The summed E-state index contributed by atoms with van der Waals surface area (Å²) < 4.78 is 0. The van der Waals surface area contributed by atoms with Crippen LogP contribution in [0.2, 0.25) is 0 Å². The van der Waals surface area contributed by atoms with Crippen LogP contribution in [0.3, 0.4) is 0 Å². The second kappa shape index (κ2) is 4.21. The molecule has 0 spiro atoms. The first-order valence-corrected chi connectivity index (χ1v) is 7.42. The van der Waals surface area contributed by atoms with Crippen molar-refractivity contribution in [2.75, 3.05) is 0 Å². The van der Waals surface area contributed by atoms with E-state index in [0.29, 0.717) is 0 Å². The summed E-state index contributed by atoms with van der Waals surface area (Å²) in [6.45, 7) is 4.50. The summed E-state index contributed by atoms with van der Waals surface area (Å²) in [5, 5.41) is 2.89. The lowest BCUT2D eigenvalue weighted by Gasteiger charge is -2.13. The molecule has 20 heavy (non-hydrogen) atoms. The van der Waals surface area contributed by atoms with Crippen LogP contribution >= 0.6 is 0 Å². The number of benzene rings is 3. The summed E-state index contributed by atoms with van der Waals surface area (Å²) in [6, 6.07) is 17.9. The Labute approximate surface area is 120 Å². The van der Waals surface area contributed by atoms with Crippen molar-refractivity contribution >= 4 is 10.8 Å². The smallest absolute Gasteiger partial charge is 0.000718 e. The lowest BCUT2D eigenvalue weighted by atomic mass is 9.91. The molecule has 0 fully saturated rings. The Morgan fingerprint density at radius 2 is 1.70 bits per heavy atom. The fourth-order valence-corrected chi connectivity index (χ4v) is 3.69. The molecule has 3 aromatic rings. The molecule has 0 N–H and O–H groups in total. The summed E-state index contributed by atoms with van der Waals surface area (Å²) >= 11 is 0. The zero-order valence-electron chi connectivity index (χ0n) is 12.0. The molecule has 0 nitrogen and oxygen atoms in total. The highest BCUT2D eigenvalue weighted by molar-refractivity contribution is 5.97. The van der Waals surface area contributed by atoms with Crippen molar-refractivity contribution in [1.82, 2.24) is 0 Å². The largest absolute Gasteiger partial charge is 0.0619 e. The Morgan fingerprint density at radius 1 is 0.900 bits per heavy atom. The van der Waals surface area contributed by atoms with E-state index in [1.165, 1.54) is 44.2 Å². The Bertz CT molecular complexity index is 825. The van der Waals surface area contributed by atoms with Gasteiger partial charge < -0.3 is 0 Å². The average molecular weight is 258 g/mol. The molecule has 0 heterocycles. The van der Waals surface area contributed by atoms with Gasteiger partial charge in [0.25, 0.3) is 0 Å². The van der Waals surface area contributed by atoms with Crippen LogP contribution in [-0.2, 0) is 12.8 Å². The first-order valence-electron chi connectivity index (χ1n) is 7.42. The molecular formula is C20H18. The number of hydrogen-bond donors (Lipinski definition) is 0. The van der Waals surface area contributed by atoms with E-state index in [0.717, 1.165) is 12.8 Å². The zero-order valence-corrected chi connectivity index (χ0v) is 12.0. The maximum absolute atomic E-state index is 2.30. The average Bonchev–Trinajstić information content (AvgIpc) is 2.86. The van der Waals surface area contributed by atoms with E-state index in [-0.39, 0.29) is 0 Å². The van der Waals surface area contributed by atoms with E-state index in [2.05, 4.69) is 62.4 Å². The lowest BCUT2D eigenvalue weighted by Crippen LogP contribution is -1.93. The minimum Gasteiger partial charge on any atom is -0.0619 e. The highest BCUT2D eigenvalue weighted by atomic mass is 14.2. The van der Waals surface area contributed by atoms with Crippen molar-refractivity contribution in [2.45, 2.75) is 26.7 Å². The van der Waals surface area contributed by atoms with Gasteiger partial charge in [-0.15, -0.1) is 0 Å². The maximum atomic E-state index is 2.30. The Kier molecular flexibility index (Phi) is 2.47. The van der Waals surface area contributed by atoms with Crippen LogP contribution in [0.4, 0.5) is 0 Å². The summed E-state index contributed by atoms with van der Waals surface area (Å²) in [5.41, 5.74) is 8.81. The SMILES string of the molecule is CCc1c(C)ccc2ccc3c(c12)Cc1ccccc1-3. The first kappa shape index (κ1) is 11.7. The summed E-state index contributed by atoms with van der Waals surface area (Å²) in [4.78, 5) is 0. The topological polar surface area (TPSA) is 0 Å². The van der Waals surface area contributed by atoms with Crippen molar-refractivity contribution in [3.05, 3.63) is 70.8 Å². The number of fused-ring (bicyclic) bond motifs is 5. The molecule has 1 aliphatic carbocycles. The van der Waals surface area contributed by atoms with Crippen LogP contribution in [0.25, 0.3) is 21.9 Å². The molecule has 0 aromatic heterocycles. The molecule has 0 heteroatoms. The van der Waals surface area contributed by atoms with E-state index in [4.69, 9.17) is 0 Å². The van der Waals surface area contributed by atoms with Crippen LogP contribution < -0.4 is 0 Å². The number of aryl methyl sites for hydroxylation is 2. The summed E-state index contributed by atoms with van der Waals surface area (Å²) in [7, 11) is 0. The van der Waals surface area contributed by atoms with Gasteiger partial charge in [0.2, 0.25) is 0 Å². The molecule has 98 valence electrons. The highest BCUT2D eigenvalue weighted by Crippen LogP contribution is 2.41. The van der Waals surface area contributed by atoms with Crippen LogP contribution in [0.15, 0.2) is 48.5 Å². The normalized spacial score (nSPS) is 12.5. The third-order valence-electron chi connectivity index (χ3n) is 4.66. The fourth-order valence-electron chi connectivity index (χ4n) is 3.69. The van der Waals surface area contributed by atoms with Gasteiger partial charge in [0, 0.05) is 0 Å². The van der Waals surface area contributed by atoms with Gasteiger partial charge in [-0.25, -0.2) is 0 Å². The van der Waals surface area contributed by atoms with E-state index in [1.54, 1.807) is 0 Å². The molecule has 4 rings (SSSR count). The van der Waals surface area contributed by atoms with Crippen molar-refractivity contribution in [1.29, 1.82) is 0 Å². The van der Waals surface area contributed by atoms with Gasteiger partial charge in [0.15, 0.2) is 0 Å². The van der Waals surface area contributed by atoms with E-state index >= 15 is 0 Å². The summed E-state index contributed by atoms with van der Waals surface area (Å²) in [5.74, 6) is 0. The molecule has 0 saturated carbocycles.